The zero-order valence-corrected chi connectivity index (χ0v) is 18.3. The van der Waals surface area contributed by atoms with Crippen molar-refractivity contribution in [2.45, 2.75) is 50.8 Å². The first-order chi connectivity index (χ1) is 14.6. The number of carbonyl (C=O) groups excluding carboxylic acids is 1. The highest BCUT2D eigenvalue weighted by atomic mass is 16.5. The zero-order valence-electron chi connectivity index (χ0n) is 18.3. The quantitative estimate of drug-likeness (QED) is 0.502. The van der Waals surface area contributed by atoms with E-state index < -0.39 is 6.10 Å². The molecule has 1 aromatic rings. The Morgan fingerprint density at radius 1 is 1.10 bits per heavy atom. The van der Waals surface area contributed by atoms with Crippen LogP contribution in [0.15, 0.2) is 18.2 Å². The second-order valence-electron chi connectivity index (χ2n) is 8.29. The summed E-state index contributed by atoms with van der Waals surface area (Å²) in [7, 11) is 3.37. The number of nitrogens with zero attached hydrogens (tertiary/aromatic N) is 1. The second-order valence-corrected chi connectivity index (χ2v) is 8.29. The molecule has 30 heavy (non-hydrogen) atoms. The van der Waals surface area contributed by atoms with Crippen molar-refractivity contribution >= 4 is 5.91 Å². The summed E-state index contributed by atoms with van der Waals surface area (Å²) in [5, 5.41) is 13.6. The molecule has 2 unspecified atom stereocenters. The number of piperidine rings is 1. The Bertz CT molecular complexity index is 651. The lowest BCUT2D eigenvalue weighted by Gasteiger charge is -2.33. The minimum atomic E-state index is -0.562. The first-order valence-corrected chi connectivity index (χ1v) is 11.0. The molecule has 1 aliphatic carbocycles. The van der Waals surface area contributed by atoms with Gasteiger partial charge in [-0.15, -0.1) is 0 Å². The number of hydrogen-bond donors (Lipinski definition) is 2. The van der Waals surface area contributed by atoms with Crippen LogP contribution in [0.25, 0.3) is 0 Å². The number of rotatable bonds is 12. The smallest absolute Gasteiger partial charge is 0.230 e. The van der Waals surface area contributed by atoms with Gasteiger partial charge in [0, 0.05) is 40.0 Å². The van der Waals surface area contributed by atoms with Gasteiger partial charge in [0.2, 0.25) is 5.91 Å². The van der Waals surface area contributed by atoms with Crippen LogP contribution in [0.2, 0.25) is 0 Å². The SMILES string of the molecule is COCCCc1cc(CN(C(=O)C2CNCCC2O)C2CC2)cc(OCCOC)c1. The fraction of sp³-hybridized carbons (Fsp3) is 0.696. The fourth-order valence-electron chi connectivity index (χ4n) is 3.99. The molecule has 1 heterocycles. The van der Waals surface area contributed by atoms with E-state index in [-0.39, 0.29) is 17.9 Å². The lowest BCUT2D eigenvalue weighted by Crippen LogP contribution is -2.49. The van der Waals surface area contributed by atoms with Crippen LogP contribution in [0.5, 0.6) is 5.75 Å². The summed E-state index contributed by atoms with van der Waals surface area (Å²) in [6, 6.07) is 6.53. The van der Waals surface area contributed by atoms with Gasteiger partial charge in [-0.1, -0.05) is 6.07 Å². The van der Waals surface area contributed by atoms with Gasteiger partial charge in [-0.05, 0) is 61.9 Å². The molecular formula is C23H36N2O5. The van der Waals surface area contributed by atoms with Crippen molar-refractivity contribution < 1.29 is 24.1 Å². The van der Waals surface area contributed by atoms with Crippen molar-refractivity contribution in [3.8, 4) is 5.75 Å². The maximum absolute atomic E-state index is 13.2. The minimum absolute atomic E-state index is 0.0591. The highest BCUT2D eigenvalue weighted by molar-refractivity contribution is 5.80. The fourth-order valence-corrected chi connectivity index (χ4v) is 3.99. The van der Waals surface area contributed by atoms with Gasteiger partial charge in [0.15, 0.2) is 0 Å². The van der Waals surface area contributed by atoms with Crippen LogP contribution in [0.4, 0.5) is 0 Å². The number of hydrogen-bond acceptors (Lipinski definition) is 6. The molecule has 1 saturated heterocycles. The number of carbonyl (C=O) groups is 1. The molecule has 0 spiro atoms. The predicted molar refractivity (Wildman–Crippen MR) is 115 cm³/mol. The van der Waals surface area contributed by atoms with E-state index in [0.717, 1.165) is 43.5 Å². The Kier molecular flexibility index (Phi) is 8.93. The number of aliphatic hydroxyl groups is 1. The third-order valence-electron chi connectivity index (χ3n) is 5.78. The van der Waals surface area contributed by atoms with Gasteiger partial charge in [0.05, 0.1) is 18.6 Å². The van der Waals surface area contributed by atoms with Gasteiger partial charge < -0.3 is 29.5 Å². The van der Waals surface area contributed by atoms with Gasteiger partial charge in [-0.2, -0.15) is 0 Å². The molecule has 0 aromatic heterocycles. The van der Waals surface area contributed by atoms with E-state index in [1.54, 1.807) is 14.2 Å². The molecule has 2 aliphatic rings. The van der Waals surface area contributed by atoms with Crippen molar-refractivity contribution in [3.63, 3.8) is 0 Å². The van der Waals surface area contributed by atoms with Crippen molar-refractivity contribution in [2.75, 3.05) is 47.1 Å². The summed E-state index contributed by atoms with van der Waals surface area (Å²) < 4.78 is 16.2. The third kappa shape index (κ3) is 6.67. The van der Waals surface area contributed by atoms with Gasteiger partial charge >= 0.3 is 0 Å². The van der Waals surface area contributed by atoms with Crippen molar-refractivity contribution in [3.05, 3.63) is 29.3 Å². The Labute approximate surface area is 179 Å². The summed E-state index contributed by atoms with van der Waals surface area (Å²) in [4.78, 5) is 15.2. The molecule has 3 rings (SSSR count). The second kappa shape index (κ2) is 11.6. The Balaban J connectivity index is 1.74. The summed E-state index contributed by atoms with van der Waals surface area (Å²) >= 11 is 0. The van der Waals surface area contributed by atoms with Crippen LogP contribution in [0, 0.1) is 5.92 Å². The van der Waals surface area contributed by atoms with Crippen molar-refractivity contribution in [1.29, 1.82) is 0 Å². The highest BCUT2D eigenvalue weighted by Crippen LogP contribution is 2.32. The number of aliphatic hydroxyl groups excluding tert-OH is 1. The van der Waals surface area contributed by atoms with Crippen LogP contribution < -0.4 is 10.1 Å². The molecule has 1 aromatic carbocycles. The van der Waals surface area contributed by atoms with Crippen molar-refractivity contribution in [1.82, 2.24) is 10.2 Å². The molecule has 7 heteroatoms. The molecule has 1 aliphatic heterocycles. The Morgan fingerprint density at radius 2 is 1.87 bits per heavy atom. The summed E-state index contributed by atoms with van der Waals surface area (Å²) in [6.07, 6.45) is 3.96. The van der Waals surface area contributed by atoms with Crippen LogP contribution in [0.1, 0.15) is 36.8 Å². The largest absolute Gasteiger partial charge is 0.491 e. The summed E-state index contributed by atoms with van der Waals surface area (Å²) in [5.41, 5.74) is 2.25. The maximum Gasteiger partial charge on any atom is 0.230 e. The summed E-state index contributed by atoms with van der Waals surface area (Å²) in [5.74, 6) is 0.505. The number of ether oxygens (including phenoxy) is 3. The third-order valence-corrected chi connectivity index (χ3v) is 5.78. The molecule has 1 saturated carbocycles. The van der Waals surface area contributed by atoms with E-state index in [1.165, 1.54) is 5.56 Å². The topological polar surface area (TPSA) is 80.3 Å². The Morgan fingerprint density at radius 3 is 2.57 bits per heavy atom. The van der Waals surface area contributed by atoms with E-state index in [1.807, 2.05) is 11.0 Å². The first-order valence-electron chi connectivity index (χ1n) is 11.0. The molecule has 1 amide bonds. The molecule has 0 bridgehead atoms. The monoisotopic (exact) mass is 420 g/mol. The van der Waals surface area contributed by atoms with E-state index in [9.17, 15) is 9.90 Å². The number of methoxy groups -OCH3 is 2. The van der Waals surface area contributed by atoms with E-state index in [2.05, 4.69) is 17.4 Å². The molecule has 2 N–H and O–H groups in total. The zero-order chi connectivity index (χ0) is 21.3. The van der Waals surface area contributed by atoms with Crippen molar-refractivity contribution in [2.24, 2.45) is 5.92 Å². The average molecular weight is 421 g/mol. The van der Waals surface area contributed by atoms with E-state index >= 15 is 0 Å². The molecule has 2 fully saturated rings. The van der Waals surface area contributed by atoms with Gasteiger partial charge in [0.1, 0.15) is 12.4 Å². The number of benzene rings is 1. The van der Waals surface area contributed by atoms with Gasteiger partial charge in [-0.3, -0.25) is 4.79 Å². The molecule has 0 radical (unpaired) electrons. The average Bonchev–Trinajstić information content (AvgIpc) is 3.57. The molecule has 7 nitrogen and oxygen atoms in total. The lowest BCUT2D eigenvalue weighted by atomic mass is 9.94. The number of aryl methyl sites for hydroxylation is 1. The standard InChI is InChI=1S/C23H36N2O5/c1-28-9-3-4-17-12-18(14-20(13-17)30-11-10-29-2)16-25(19-5-6-19)23(27)21-15-24-8-7-22(21)26/h12-14,19,21-22,24,26H,3-11,15-16H2,1-2H3. The number of nitrogens with one attached hydrogen (secondary N) is 1. The van der Waals surface area contributed by atoms with Gasteiger partial charge in [0.25, 0.3) is 0 Å². The summed E-state index contributed by atoms with van der Waals surface area (Å²) in [6.45, 7) is 3.59. The molecule has 2 atom stereocenters. The van der Waals surface area contributed by atoms with Gasteiger partial charge in [-0.25, -0.2) is 0 Å². The number of amides is 1. The normalized spacial score (nSPS) is 21.4. The highest BCUT2D eigenvalue weighted by Gasteiger charge is 2.39. The Hall–Kier alpha value is -1.67. The van der Waals surface area contributed by atoms with Crippen LogP contribution >= 0.6 is 0 Å². The van der Waals surface area contributed by atoms with Crippen LogP contribution in [-0.4, -0.2) is 75.2 Å². The maximum atomic E-state index is 13.2. The minimum Gasteiger partial charge on any atom is -0.491 e. The molecular weight excluding hydrogens is 384 g/mol. The first kappa shape index (κ1) is 23.0. The van der Waals surface area contributed by atoms with Crippen LogP contribution in [-0.2, 0) is 27.2 Å². The predicted octanol–water partition coefficient (Wildman–Crippen LogP) is 1.75. The lowest BCUT2D eigenvalue weighted by molar-refractivity contribution is -0.141. The van der Waals surface area contributed by atoms with E-state index in [0.29, 0.717) is 39.3 Å². The van der Waals surface area contributed by atoms with Crippen LogP contribution in [0.3, 0.4) is 0 Å². The molecule has 168 valence electrons. The van der Waals surface area contributed by atoms with E-state index in [4.69, 9.17) is 14.2 Å².